The van der Waals surface area contributed by atoms with Gasteiger partial charge in [0.15, 0.2) is 11.5 Å². The molecular formula is C21H15FN2O5. The smallest absolute Gasteiger partial charge is 0.335 e. The first-order valence-electron chi connectivity index (χ1n) is 8.36. The quantitative estimate of drug-likeness (QED) is 0.479. The molecule has 0 unspecified atom stereocenters. The van der Waals surface area contributed by atoms with Crippen LogP contribution >= 0.6 is 0 Å². The summed E-state index contributed by atoms with van der Waals surface area (Å²) in [5, 5.41) is 2.07. The van der Waals surface area contributed by atoms with Crippen LogP contribution in [0.3, 0.4) is 0 Å². The first-order valence-corrected chi connectivity index (χ1v) is 8.36. The van der Waals surface area contributed by atoms with E-state index in [1.165, 1.54) is 31.4 Å². The minimum Gasteiger partial charge on any atom is -0.493 e. The Morgan fingerprint density at radius 3 is 2.66 bits per heavy atom. The summed E-state index contributed by atoms with van der Waals surface area (Å²) in [4.78, 5) is 37.9. The molecule has 4 amide bonds. The molecule has 8 heteroatoms. The molecule has 29 heavy (non-hydrogen) atoms. The van der Waals surface area contributed by atoms with Gasteiger partial charge in [-0.25, -0.2) is 14.1 Å². The van der Waals surface area contributed by atoms with E-state index in [1.54, 1.807) is 18.2 Å². The Hall–Kier alpha value is -4.12. The molecule has 1 heterocycles. The third-order valence-corrected chi connectivity index (χ3v) is 3.98. The molecule has 1 saturated heterocycles. The number of imide groups is 2. The van der Waals surface area contributed by atoms with E-state index in [-0.39, 0.29) is 17.9 Å². The Labute approximate surface area is 165 Å². The molecule has 0 atom stereocenters. The van der Waals surface area contributed by atoms with Crippen molar-refractivity contribution in [3.05, 3.63) is 59.4 Å². The molecule has 0 bridgehead atoms. The van der Waals surface area contributed by atoms with Crippen LogP contribution in [0.15, 0.2) is 48.0 Å². The fourth-order valence-corrected chi connectivity index (χ4v) is 2.69. The molecule has 1 fully saturated rings. The summed E-state index contributed by atoms with van der Waals surface area (Å²) in [6.45, 7) is 0.0440. The highest BCUT2D eigenvalue weighted by molar-refractivity contribution is 6.39. The van der Waals surface area contributed by atoms with Crippen LogP contribution in [0.1, 0.15) is 5.56 Å². The van der Waals surface area contributed by atoms with Gasteiger partial charge in [0.05, 0.1) is 12.8 Å². The average molecular weight is 394 g/mol. The number of halogens is 1. The van der Waals surface area contributed by atoms with Gasteiger partial charge in [-0.3, -0.25) is 14.9 Å². The van der Waals surface area contributed by atoms with E-state index in [9.17, 15) is 18.8 Å². The van der Waals surface area contributed by atoms with Crippen molar-refractivity contribution in [2.75, 3.05) is 18.6 Å². The zero-order valence-electron chi connectivity index (χ0n) is 15.3. The number of terminal acetylenes is 1. The van der Waals surface area contributed by atoms with Crippen LogP contribution in [0, 0.1) is 18.2 Å². The molecule has 2 aromatic rings. The first kappa shape index (κ1) is 19.6. The van der Waals surface area contributed by atoms with Crippen LogP contribution < -0.4 is 19.7 Å². The number of carbonyl (C=O) groups is 3. The van der Waals surface area contributed by atoms with Crippen molar-refractivity contribution in [2.24, 2.45) is 0 Å². The Bertz CT molecular complexity index is 1070. The molecule has 0 radical (unpaired) electrons. The lowest BCUT2D eigenvalue weighted by Crippen LogP contribution is -2.54. The second-order valence-corrected chi connectivity index (χ2v) is 5.84. The third kappa shape index (κ3) is 4.09. The van der Waals surface area contributed by atoms with Gasteiger partial charge in [-0.15, -0.1) is 6.42 Å². The zero-order chi connectivity index (χ0) is 21.0. The van der Waals surface area contributed by atoms with Gasteiger partial charge in [0.1, 0.15) is 18.0 Å². The van der Waals surface area contributed by atoms with Gasteiger partial charge in [0.2, 0.25) is 0 Å². The Morgan fingerprint density at radius 2 is 1.97 bits per heavy atom. The van der Waals surface area contributed by atoms with Gasteiger partial charge in [0, 0.05) is 0 Å². The number of anilines is 1. The van der Waals surface area contributed by atoms with Crippen LogP contribution in [0.5, 0.6) is 11.5 Å². The lowest BCUT2D eigenvalue weighted by molar-refractivity contribution is -0.122. The number of urea groups is 1. The molecule has 1 aliphatic heterocycles. The van der Waals surface area contributed by atoms with Gasteiger partial charge < -0.3 is 9.47 Å². The predicted molar refractivity (Wildman–Crippen MR) is 103 cm³/mol. The number of amides is 4. The zero-order valence-corrected chi connectivity index (χ0v) is 15.3. The summed E-state index contributed by atoms with van der Waals surface area (Å²) in [5.74, 6) is 0.705. The second-order valence-electron chi connectivity index (χ2n) is 5.84. The van der Waals surface area contributed by atoms with Crippen molar-refractivity contribution >= 4 is 29.6 Å². The van der Waals surface area contributed by atoms with Crippen molar-refractivity contribution in [2.45, 2.75) is 0 Å². The minimum absolute atomic E-state index is 0.00140. The largest absolute Gasteiger partial charge is 0.493 e. The number of barbiturate groups is 1. The molecule has 146 valence electrons. The van der Waals surface area contributed by atoms with Crippen molar-refractivity contribution in [3.8, 4) is 23.8 Å². The fourth-order valence-electron chi connectivity index (χ4n) is 2.69. The molecule has 1 aliphatic rings. The summed E-state index contributed by atoms with van der Waals surface area (Å²) in [7, 11) is 1.43. The van der Waals surface area contributed by atoms with Crippen molar-refractivity contribution in [3.63, 3.8) is 0 Å². The van der Waals surface area contributed by atoms with E-state index in [0.29, 0.717) is 22.0 Å². The van der Waals surface area contributed by atoms with Crippen LogP contribution in [0.4, 0.5) is 14.9 Å². The maximum absolute atomic E-state index is 13.5. The first-order chi connectivity index (χ1) is 13.9. The number of rotatable bonds is 5. The number of benzene rings is 2. The lowest BCUT2D eigenvalue weighted by Gasteiger charge is -2.26. The summed E-state index contributed by atoms with van der Waals surface area (Å²) in [5.41, 5.74) is 0.150. The number of nitrogens with one attached hydrogen (secondary N) is 1. The maximum atomic E-state index is 13.5. The van der Waals surface area contributed by atoms with Gasteiger partial charge in [-0.1, -0.05) is 18.1 Å². The molecule has 2 aromatic carbocycles. The number of ether oxygens (including phenoxy) is 2. The number of carbonyl (C=O) groups excluding carboxylic acids is 3. The summed E-state index contributed by atoms with van der Waals surface area (Å²) in [6, 6.07) is 8.67. The highest BCUT2D eigenvalue weighted by Crippen LogP contribution is 2.30. The highest BCUT2D eigenvalue weighted by Gasteiger charge is 2.36. The number of hydrogen-bond acceptors (Lipinski definition) is 5. The molecule has 0 aliphatic carbocycles. The average Bonchev–Trinajstić information content (AvgIpc) is 2.69. The summed E-state index contributed by atoms with van der Waals surface area (Å²) < 4.78 is 24.1. The van der Waals surface area contributed by atoms with Crippen molar-refractivity contribution in [1.29, 1.82) is 0 Å². The van der Waals surface area contributed by atoms with Gasteiger partial charge in [-0.2, -0.15) is 0 Å². The Morgan fingerprint density at radius 1 is 1.17 bits per heavy atom. The van der Waals surface area contributed by atoms with Gasteiger partial charge in [0.25, 0.3) is 11.8 Å². The van der Waals surface area contributed by atoms with E-state index in [0.717, 1.165) is 6.07 Å². The van der Waals surface area contributed by atoms with Crippen molar-refractivity contribution < 1.29 is 28.2 Å². The Kier molecular flexibility index (Phi) is 5.60. The molecule has 0 aromatic heterocycles. The third-order valence-electron chi connectivity index (χ3n) is 3.98. The topological polar surface area (TPSA) is 84.9 Å². The molecule has 1 N–H and O–H groups in total. The maximum Gasteiger partial charge on any atom is 0.335 e. The molecular weight excluding hydrogens is 379 g/mol. The van der Waals surface area contributed by atoms with E-state index in [4.69, 9.17) is 15.9 Å². The number of nitrogens with zero attached hydrogens (tertiary/aromatic N) is 1. The van der Waals surface area contributed by atoms with Crippen LogP contribution in [0.2, 0.25) is 0 Å². The summed E-state index contributed by atoms with van der Waals surface area (Å²) in [6.07, 6.45) is 6.47. The van der Waals surface area contributed by atoms with E-state index < -0.39 is 23.7 Å². The highest BCUT2D eigenvalue weighted by atomic mass is 19.1. The van der Waals surface area contributed by atoms with Crippen molar-refractivity contribution in [1.82, 2.24) is 5.32 Å². The lowest BCUT2D eigenvalue weighted by atomic mass is 10.1. The van der Waals surface area contributed by atoms with Gasteiger partial charge >= 0.3 is 6.03 Å². The molecule has 7 nitrogen and oxygen atoms in total. The number of methoxy groups -OCH3 is 1. The predicted octanol–water partition coefficient (Wildman–Crippen LogP) is 2.51. The Balaban J connectivity index is 1.97. The second kappa shape index (κ2) is 8.27. The molecule has 0 saturated carbocycles. The van der Waals surface area contributed by atoms with E-state index >= 15 is 0 Å². The van der Waals surface area contributed by atoms with E-state index in [1.807, 2.05) is 0 Å². The van der Waals surface area contributed by atoms with E-state index in [2.05, 4.69) is 11.2 Å². The van der Waals surface area contributed by atoms with Gasteiger partial charge in [-0.05, 0) is 42.0 Å². The van der Waals surface area contributed by atoms with Crippen LogP contribution in [0.25, 0.3) is 6.08 Å². The standard InChI is InChI=1S/C21H15FN2O5/c1-3-9-29-17-8-7-13(11-18(17)28-2)10-16-19(25)23-21(27)24(20(16)26)15-6-4-5-14(22)12-15/h1,4-8,10-12H,9H2,2H3,(H,23,25,27)/b16-10+. The molecule has 3 rings (SSSR count). The SMILES string of the molecule is C#CCOc1ccc(/C=C2\C(=O)NC(=O)N(c3cccc(F)c3)C2=O)cc1OC. The minimum atomic E-state index is -0.960. The fraction of sp³-hybridized carbons (Fsp3) is 0.0952. The normalized spacial score (nSPS) is 15.1. The van der Waals surface area contributed by atoms with Crippen LogP contribution in [-0.4, -0.2) is 31.6 Å². The van der Waals surface area contributed by atoms with Crippen LogP contribution in [-0.2, 0) is 9.59 Å². The summed E-state index contributed by atoms with van der Waals surface area (Å²) >= 11 is 0. The molecule has 0 spiro atoms. The number of hydrogen-bond donors (Lipinski definition) is 1. The monoisotopic (exact) mass is 394 g/mol.